The van der Waals surface area contributed by atoms with Gasteiger partial charge in [0.15, 0.2) is 12.4 Å². The Balaban J connectivity index is 0.000000377. The van der Waals surface area contributed by atoms with Gasteiger partial charge >= 0.3 is 56.0 Å². The molecule has 0 spiro atoms. The van der Waals surface area contributed by atoms with Gasteiger partial charge in [-0.15, -0.1) is 0 Å². The summed E-state index contributed by atoms with van der Waals surface area (Å²) in [5, 5.41) is 0. The topological polar surface area (TPSA) is 35.7 Å². The van der Waals surface area contributed by atoms with Crippen molar-refractivity contribution in [3.8, 4) is 0 Å². The molecule has 0 saturated carbocycles. The summed E-state index contributed by atoms with van der Waals surface area (Å²) < 4.78 is 6.11. The molecule has 30 heavy (non-hydrogen) atoms. The van der Waals surface area contributed by atoms with Gasteiger partial charge in [0.1, 0.15) is 11.8 Å². The molecule has 0 amide bonds. The fourth-order valence-electron chi connectivity index (χ4n) is 2.71. The van der Waals surface area contributed by atoms with E-state index >= 15 is 0 Å². The molecule has 3 aromatic rings. The summed E-state index contributed by atoms with van der Waals surface area (Å²) in [6, 6.07) is 24.3. The van der Waals surface area contributed by atoms with E-state index in [0.717, 1.165) is 22.4 Å². The van der Waals surface area contributed by atoms with E-state index in [1.807, 2.05) is 60.9 Å². The number of aromatic nitrogens is 1. The number of H-pyrrole nitrogens is 1. The molecule has 156 valence electrons. The van der Waals surface area contributed by atoms with E-state index in [-0.39, 0.29) is 6.04 Å². The van der Waals surface area contributed by atoms with Gasteiger partial charge in [-0.1, -0.05) is 60.7 Å². The van der Waals surface area contributed by atoms with Crippen LogP contribution in [0.5, 0.6) is 0 Å². The van der Waals surface area contributed by atoms with E-state index in [1.165, 1.54) is 0 Å². The molecule has 0 bridgehead atoms. The van der Waals surface area contributed by atoms with Crippen LogP contribution in [0, 0.1) is 0 Å². The number of pyridine rings is 1. The summed E-state index contributed by atoms with van der Waals surface area (Å²) in [4.78, 5) is 7.83. The van der Waals surface area contributed by atoms with Crippen molar-refractivity contribution in [2.75, 3.05) is 0 Å². The van der Waals surface area contributed by atoms with E-state index in [0.29, 0.717) is 5.90 Å². The van der Waals surface area contributed by atoms with E-state index in [4.69, 9.17) is 54.3 Å². The van der Waals surface area contributed by atoms with Crippen molar-refractivity contribution < 1.29 is 9.72 Å². The molecule has 1 aromatic heterocycles. The van der Waals surface area contributed by atoms with Gasteiger partial charge in [-0.05, 0) is 11.6 Å². The number of benzene rings is 2. The third-order valence-corrected chi connectivity index (χ3v) is 3.94. The Hall–Kier alpha value is -0.951. The van der Waals surface area contributed by atoms with Crippen molar-refractivity contribution in [3.63, 3.8) is 0 Å². The number of nitrogens with one attached hydrogen (secondary N) is 1. The van der Waals surface area contributed by atoms with Crippen LogP contribution < -0.4 is 4.98 Å². The Bertz CT molecular complexity index is 964. The third-order valence-electron chi connectivity index (χ3n) is 3.94. The first kappa shape index (κ1) is 23.7. The Labute approximate surface area is 194 Å². The standard InChI is InChI=1S/C21H16N2O.5ClH.Sn/c1-3-7-16(8-4-1)19-15-20(17-9-5-2-6-10-17)24-21(23-19)18-11-13-22-14-12-18;;;;;;/h1-15,19H;5*1H;/q;;;;;;+4/p-4. The molecule has 2 heterocycles. The first-order valence-corrected chi connectivity index (χ1v) is 27.0. The van der Waals surface area contributed by atoms with E-state index in [9.17, 15) is 0 Å². The molecular weight excluding hydrogens is 592 g/mol. The molecule has 3 nitrogen and oxygen atoms in total. The zero-order valence-corrected chi connectivity index (χ0v) is 22.1. The van der Waals surface area contributed by atoms with Crippen LogP contribution in [-0.2, 0) is 4.74 Å². The first-order chi connectivity index (χ1) is 14.1. The molecule has 0 fully saturated rings. The van der Waals surface area contributed by atoms with Crippen LogP contribution in [0.2, 0.25) is 0 Å². The summed E-state index contributed by atoms with van der Waals surface area (Å²) in [5.74, 6) is 1.47. The monoisotopic (exact) mass is 608 g/mol. The summed E-state index contributed by atoms with van der Waals surface area (Å²) >= 11 is -4.40. The second-order valence-corrected chi connectivity index (χ2v) is 48.7. The number of rotatable bonds is 3. The summed E-state index contributed by atoms with van der Waals surface area (Å²) in [7, 11) is 25.3. The number of aromatic amines is 1. The first-order valence-electron chi connectivity index (χ1n) is 8.89. The minimum absolute atomic E-state index is 0.0608. The number of ether oxygens (including phenoxy) is 1. The molecule has 1 unspecified atom stereocenters. The molecule has 0 saturated heterocycles. The number of hydrogen-bond acceptors (Lipinski definition) is 2. The third kappa shape index (κ3) is 8.29. The van der Waals surface area contributed by atoms with Gasteiger partial charge < -0.3 is 4.74 Å². The molecule has 0 aliphatic carbocycles. The molecule has 9 heteroatoms. The zero-order chi connectivity index (χ0) is 21.6. The van der Waals surface area contributed by atoms with Gasteiger partial charge in [0.25, 0.3) is 0 Å². The zero-order valence-electron chi connectivity index (χ0n) is 15.5. The second kappa shape index (κ2) is 10.1. The Kier molecular flexibility index (Phi) is 7.99. The minimum atomic E-state index is -4.40. The SMILES string of the molecule is C1=C(c2ccccc2)OC(c2cc[nH+]cc2)=NC1c1ccccc1.[Cl][Sn-]([Cl])([Cl])([Cl])[Cl]. The van der Waals surface area contributed by atoms with Crippen LogP contribution in [0.15, 0.2) is 96.3 Å². The van der Waals surface area contributed by atoms with Crippen LogP contribution in [0.3, 0.4) is 0 Å². The van der Waals surface area contributed by atoms with Crippen molar-refractivity contribution in [1.82, 2.24) is 0 Å². The fraction of sp³-hybridized carbons (Fsp3) is 0.0476. The summed E-state index contributed by atoms with van der Waals surface area (Å²) in [5.41, 5.74) is 3.15. The molecule has 2 aromatic carbocycles. The number of aliphatic imine (C=N–C) groups is 1. The van der Waals surface area contributed by atoms with Crippen molar-refractivity contribution in [3.05, 3.63) is 108 Å². The number of halogens is 5. The Morgan fingerprint density at radius 1 is 0.733 bits per heavy atom. The average molecular weight is 609 g/mol. The molecule has 1 N–H and O–H groups in total. The van der Waals surface area contributed by atoms with Gasteiger partial charge in [0, 0.05) is 23.3 Å². The molecule has 1 aliphatic heterocycles. The maximum atomic E-state index is 6.11. The predicted molar refractivity (Wildman–Crippen MR) is 129 cm³/mol. The van der Waals surface area contributed by atoms with Crippen molar-refractivity contribution in [2.24, 2.45) is 4.99 Å². The molecule has 0 radical (unpaired) electrons. The van der Waals surface area contributed by atoms with E-state index in [2.05, 4.69) is 35.3 Å². The van der Waals surface area contributed by atoms with Gasteiger partial charge in [0.2, 0.25) is 5.90 Å². The van der Waals surface area contributed by atoms with Crippen molar-refractivity contribution in [2.45, 2.75) is 6.04 Å². The summed E-state index contributed by atoms with van der Waals surface area (Å²) in [6.45, 7) is 0. The van der Waals surface area contributed by atoms with Crippen LogP contribution >= 0.6 is 44.6 Å². The molecule has 1 aliphatic rings. The molecule has 1 atom stereocenters. The fourth-order valence-corrected chi connectivity index (χ4v) is 2.71. The van der Waals surface area contributed by atoms with Crippen LogP contribution in [0.4, 0.5) is 0 Å². The van der Waals surface area contributed by atoms with Crippen molar-refractivity contribution in [1.29, 1.82) is 0 Å². The van der Waals surface area contributed by atoms with Crippen LogP contribution in [-0.4, -0.2) is 17.3 Å². The predicted octanol–water partition coefficient (Wildman–Crippen LogP) is 7.13. The van der Waals surface area contributed by atoms with Gasteiger partial charge in [-0.2, -0.15) is 0 Å². The number of nitrogens with zero attached hydrogens (tertiary/aromatic N) is 1. The van der Waals surface area contributed by atoms with E-state index in [1.54, 1.807) is 0 Å². The average Bonchev–Trinajstić information content (AvgIpc) is 2.74. The van der Waals surface area contributed by atoms with Crippen LogP contribution in [0.25, 0.3) is 5.76 Å². The van der Waals surface area contributed by atoms with E-state index < -0.39 is 11.4 Å². The van der Waals surface area contributed by atoms with Gasteiger partial charge in [-0.25, -0.2) is 9.98 Å². The van der Waals surface area contributed by atoms with Crippen LogP contribution in [0.1, 0.15) is 22.7 Å². The molecular formula is C21H17Cl5N2OSn. The normalized spacial score (nSPS) is 17.2. The van der Waals surface area contributed by atoms with Crippen molar-refractivity contribution >= 4 is 67.6 Å². The van der Waals surface area contributed by atoms with Gasteiger partial charge in [-0.3, -0.25) is 0 Å². The molecule has 4 rings (SSSR count). The maximum absolute atomic E-state index is 6.11. The number of hydrogen-bond donors (Lipinski definition) is 0. The second-order valence-electron chi connectivity index (χ2n) is 6.29. The Morgan fingerprint density at radius 2 is 1.27 bits per heavy atom. The quantitative estimate of drug-likeness (QED) is 0.291. The summed E-state index contributed by atoms with van der Waals surface area (Å²) in [6.07, 6.45) is 5.82. The Morgan fingerprint density at radius 3 is 1.83 bits per heavy atom. The van der Waals surface area contributed by atoms with Gasteiger partial charge in [0.05, 0.1) is 0 Å².